The normalized spacial score (nSPS) is 21.4. The van der Waals surface area contributed by atoms with Crippen molar-refractivity contribution in [2.75, 3.05) is 13.7 Å². The van der Waals surface area contributed by atoms with Gasteiger partial charge in [0.15, 0.2) is 0 Å². The highest BCUT2D eigenvalue weighted by atomic mass is 19.1. The minimum Gasteiger partial charge on any atom is -0.492 e. The lowest BCUT2D eigenvalue weighted by atomic mass is 9.90. The number of aromatic nitrogens is 2. The zero-order valence-electron chi connectivity index (χ0n) is 24.4. The number of hydrogen-bond acceptors (Lipinski definition) is 5. The molecule has 0 radical (unpaired) electrons. The molecule has 0 fully saturated rings. The summed E-state index contributed by atoms with van der Waals surface area (Å²) < 4.78 is 34.3. The second-order valence-corrected chi connectivity index (χ2v) is 11.0. The van der Waals surface area contributed by atoms with Crippen molar-refractivity contribution in [2.24, 2.45) is 7.05 Å². The minimum absolute atomic E-state index is 0.0509. The Bertz CT molecular complexity index is 1540. The summed E-state index contributed by atoms with van der Waals surface area (Å²) in [6.07, 6.45) is 7.36. The molecule has 41 heavy (non-hydrogen) atoms. The lowest BCUT2D eigenvalue weighted by molar-refractivity contribution is -0.141. The number of allylic oxidation sites excluding steroid dienone is 3. The third kappa shape index (κ3) is 5.99. The van der Waals surface area contributed by atoms with Crippen molar-refractivity contribution in [1.82, 2.24) is 9.55 Å². The van der Waals surface area contributed by atoms with Crippen molar-refractivity contribution < 1.29 is 23.4 Å². The molecule has 2 aromatic carbocycles. The summed E-state index contributed by atoms with van der Waals surface area (Å²) in [6, 6.07) is 9.90. The number of imidazole rings is 1. The molecule has 0 saturated carbocycles. The summed E-state index contributed by atoms with van der Waals surface area (Å²) in [4.78, 5) is 16.4. The van der Waals surface area contributed by atoms with Gasteiger partial charge in [0, 0.05) is 41.9 Å². The lowest BCUT2D eigenvalue weighted by Gasteiger charge is -2.21. The fourth-order valence-electron chi connectivity index (χ4n) is 5.94. The van der Waals surface area contributed by atoms with Crippen LogP contribution in [0.15, 0.2) is 66.7 Å². The number of esters is 1. The Hall–Kier alpha value is -4.13. The Morgan fingerprint density at radius 2 is 1.93 bits per heavy atom. The number of carbonyl (C=O) groups is 1. The predicted molar refractivity (Wildman–Crippen MR) is 159 cm³/mol. The monoisotopic (exact) mass is 556 g/mol. The highest BCUT2D eigenvalue weighted by Crippen LogP contribution is 2.40. The van der Waals surface area contributed by atoms with Gasteiger partial charge in [-0.15, -0.1) is 0 Å². The molecule has 0 bridgehead atoms. The lowest BCUT2D eigenvalue weighted by Crippen LogP contribution is -2.19. The summed E-state index contributed by atoms with van der Waals surface area (Å²) in [5, 5.41) is 0. The standard InChI is InChI=1S/C34H37FN2O4/c1-20-14-25(34-36-22(3)18-37(34)5)15-21(2)33(20)24-8-7-9-30(23(4)29(35)13-10-24)41-27-11-12-28-26(16-32(38)39-6)19-40-31(28)17-27/h10-15,17-18,26,30H,4,7-9,16,19H2,1-3,5-6H3/b24-10+,29-13+/t26-,30-/m1/s1. The topological polar surface area (TPSA) is 62.6 Å². The average Bonchev–Trinajstić information content (AvgIpc) is 3.51. The Morgan fingerprint density at radius 1 is 1.17 bits per heavy atom. The van der Waals surface area contributed by atoms with Crippen LogP contribution in [0.5, 0.6) is 11.5 Å². The number of nitrogens with zero attached hydrogens (tertiary/aromatic N) is 2. The second-order valence-electron chi connectivity index (χ2n) is 11.0. The third-order valence-corrected chi connectivity index (χ3v) is 7.93. The number of rotatable bonds is 6. The molecule has 3 aromatic rings. The van der Waals surface area contributed by atoms with E-state index in [2.05, 4.69) is 37.5 Å². The van der Waals surface area contributed by atoms with E-state index in [0.29, 0.717) is 30.1 Å². The van der Waals surface area contributed by atoms with Gasteiger partial charge in [-0.1, -0.05) is 18.7 Å². The molecule has 1 aliphatic heterocycles. The van der Waals surface area contributed by atoms with Gasteiger partial charge in [-0.2, -0.15) is 0 Å². The summed E-state index contributed by atoms with van der Waals surface area (Å²) in [6.45, 7) is 10.7. The number of fused-ring (bicyclic) bond motifs is 1. The number of benzene rings is 2. The van der Waals surface area contributed by atoms with Crippen LogP contribution in [0.1, 0.15) is 59.5 Å². The SMILES string of the molecule is C=C1/C(F)=C\C=C(\c2c(C)cc(-c3nc(C)cn3C)cc2C)CCC[C@H]1Oc1ccc2c(c1)OC[C@H]2CC(=O)OC. The van der Waals surface area contributed by atoms with E-state index < -0.39 is 6.10 Å². The summed E-state index contributed by atoms with van der Waals surface area (Å²) in [7, 11) is 3.39. The van der Waals surface area contributed by atoms with Crippen LogP contribution in [0.2, 0.25) is 0 Å². The highest BCUT2D eigenvalue weighted by molar-refractivity contribution is 5.75. The highest BCUT2D eigenvalue weighted by Gasteiger charge is 2.28. The largest absolute Gasteiger partial charge is 0.492 e. The maximum Gasteiger partial charge on any atom is 0.306 e. The molecule has 214 valence electrons. The Kier molecular flexibility index (Phi) is 8.15. The van der Waals surface area contributed by atoms with Crippen molar-refractivity contribution >= 4 is 11.5 Å². The van der Waals surface area contributed by atoms with Gasteiger partial charge in [-0.05, 0) is 86.6 Å². The zero-order chi connectivity index (χ0) is 29.3. The number of aryl methyl sites for hydroxylation is 4. The first-order valence-corrected chi connectivity index (χ1v) is 14.0. The molecule has 7 heteroatoms. The molecule has 0 saturated heterocycles. The third-order valence-electron chi connectivity index (χ3n) is 7.93. The second kappa shape index (κ2) is 11.8. The van der Waals surface area contributed by atoms with Gasteiger partial charge >= 0.3 is 5.97 Å². The Labute approximate surface area is 241 Å². The maximum atomic E-state index is 15.4. The number of hydrogen-bond donors (Lipinski definition) is 0. The fourth-order valence-corrected chi connectivity index (χ4v) is 5.94. The van der Waals surface area contributed by atoms with E-state index >= 15 is 4.39 Å². The van der Waals surface area contributed by atoms with E-state index in [0.717, 1.165) is 57.8 Å². The molecular formula is C34H37FN2O4. The van der Waals surface area contributed by atoms with Crippen LogP contribution in [0, 0.1) is 20.8 Å². The smallest absolute Gasteiger partial charge is 0.306 e. The first kappa shape index (κ1) is 28.4. The van der Waals surface area contributed by atoms with Crippen molar-refractivity contribution in [2.45, 2.75) is 58.5 Å². The molecular weight excluding hydrogens is 519 g/mol. The molecule has 1 aliphatic carbocycles. The van der Waals surface area contributed by atoms with Gasteiger partial charge in [0.05, 0.1) is 25.8 Å². The van der Waals surface area contributed by atoms with E-state index in [1.807, 2.05) is 49.0 Å². The number of ether oxygens (including phenoxy) is 3. The molecule has 1 aromatic heterocycles. The zero-order valence-corrected chi connectivity index (χ0v) is 24.4. The van der Waals surface area contributed by atoms with E-state index in [1.54, 1.807) is 0 Å². The van der Waals surface area contributed by atoms with Crippen molar-refractivity contribution in [3.63, 3.8) is 0 Å². The quantitative estimate of drug-likeness (QED) is 0.295. The van der Waals surface area contributed by atoms with E-state index in [4.69, 9.17) is 14.2 Å². The molecule has 0 unspecified atom stereocenters. The van der Waals surface area contributed by atoms with Gasteiger partial charge < -0.3 is 18.8 Å². The van der Waals surface area contributed by atoms with E-state index in [1.165, 1.54) is 13.2 Å². The van der Waals surface area contributed by atoms with Crippen molar-refractivity contribution in [3.8, 4) is 22.9 Å². The number of carbonyl (C=O) groups excluding carboxylic acids is 1. The molecule has 0 spiro atoms. The van der Waals surface area contributed by atoms with Gasteiger partial charge in [0.1, 0.15) is 29.3 Å². The molecule has 2 aliphatic rings. The van der Waals surface area contributed by atoms with Crippen LogP contribution in [0.25, 0.3) is 17.0 Å². The predicted octanol–water partition coefficient (Wildman–Crippen LogP) is 7.48. The van der Waals surface area contributed by atoms with Crippen LogP contribution < -0.4 is 9.47 Å². The number of halogens is 1. The van der Waals surface area contributed by atoms with Crippen LogP contribution in [-0.2, 0) is 16.6 Å². The molecule has 0 N–H and O–H groups in total. The van der Waals surface area contributed by atoms with Crippen LogP contribution in [0.3, 0.4) is 0 Å². The van der Waals surface area contributed by atoms with Crippen LogP contribution in [0.4, 0.5) is 4.39 Å². The van der Waals surface area contributed by atoms with E-state index in [9.17, 15) is 4.79 Å². The maximum absolute atomic E-state index is 15.4. The molecule has 2 atom stereocenters. The Balaban J connectivity index is 1.32. The first-order chi connectivity index (χ1) is 19.6. The first-order valence-electron chi connectivity index (χ1n) is 14.0. The molecule has 5 rings (SSSR count). The molecule has 6 nitrogen and oxygen atoms in total. The Morgan fingerprint density at radius 3 is 2.61 bits per heavy atom. The molecule has 0 amide bonds. The van der Waals surface area contributed by atoms with Gasteiger partial charge in [0.25, 0.3) is 0 Å². The van der Waals surface area contributed by atoms with E-state index in [-0.39, 0.29) is 24.1 Å². The average molecular weight is 557 g/mol. The minimum atomic E-state index is -0.513. The molecule has 2 heterocycles. The van der Waals surface area contributed by atoms with Crippen LogP contribution >= 0.6 is 0 Å². The summed E-state index contributed by atoms with van der Waals surface area (Å²) in [5.74, 6) is 1.49. The van der Waals surface area contributed by atoms with Gasteiger partial charge in [0.2, 0.25) is 0 Å². The number of methoxy groups -OCH3 is 1. The van der Waals surface area contributed by atoms with Crippen LogP contribution in [-0.4, -0.2) is 35.3 Å². The van der Waals surface area contributed by atoms with Gasteiger partial charge in [-0.25, -0.2) is 9.37 Å². The fraction of sp³-hybridized carbons (Fsp3) is 0.353. The van der Waals surface area contributed by atoms with Crippen molar-refractivity contribution in [3.05, 3.63) is 94.6 Å². The summed E-state index contributed by atoms with van der Waals surface area (Å²) in [5.41, 5.74) is 7.83. The van der Waals surface area contributed by atoms with Crippen molar-refractivity contribution in [1.29, 1.82) is 0 Å². The van der Waals surface area contributed by atoms with Gasteiger partial charge in [-0.3, -0.25) is 4.79 Å². The summed E-state index contributed by atoms with van der Waals surface area (Å²) >= 11 is 0.